The van der Waals surface area contributed by atoms with Crippen LogP contribution in [0.2, 0.25) is 0 Å². The van der Waals surface area contributed by atoms with Gasteiger partial charge in [-0.1, -0.05) is 181 Å². The van der Waals surface area contributed by atoms with Crippen molar-refractivity contribution in [3.63, 3.8) is 0 Å². The fourth-order valence-corrected chi connectivity index (χ4v) is 10.9. The van der Waals surface area contributed by atoms with Gasteiger partial charge in [-0.3, -0.25) is 0 Å². The summed E-state index contributed by atoms with van der Waals surface area (Å²) in [6.07, 6.45) is 0. The molecule has 0 saturated heterocycles. The van der Waals surface area contributed by atoms with E-state index in [9.17, 15) is 0 Å². The minimum Gasteiger partial charge on any atom is -0.310 e. The Morgan fingerprint density at radius 2 is 0.885 bits per heavy atom. The second kappa shape index (κ2) is 13.4. The van der Waals surface area contributed by atoms with Gasteiger partial charge < -0.3 is 9.47 Å². The van der Waals surface area contributed by atoms with Gasteiger partial charge in [0.2, 0.25) is 0 Å². The van der Waals surface area contributed by atoms with Crippen LogP contribution >= 0.6 is 0 Å². The predicted molar refractivity (Wildman–Crippen MR) is 260 cm³/mol. The first-order valence-corrected chi connectivity index (χ1v) is 21.2. The van der Waals surface area contributed by atoms with Crippen molar-refractivity contribution >= 4 is 49.6 Å². The molecule has 0 N–H and O–H groups in total. The molecule has 1 aromatic heterocycles. The molecule has 9 aromatic carbocycles. The molecule has 0 unspecified atom stereocenters. The van der Waals surface area contributed by atoms with Gasteiger partial charge >= 0.3 is 0 Å². The largest absolute Gasteiger partial charge is 0.310 e. The molecule has 61 heavy (non-hydrogen) atoms. The molecule has 0 radical (unpaired) electrons. The van der Waals surface area contributed by atoms with Gasteiger partial charge in [-0.15, -0.1) is 0 Å². The Hall–Kier alpha value is -7.16. The summed E-state index contributed by atoms with van der Waals surface area (Å²) in [7, 11) is 0. The van der Waals surface area contributed by atoms with Crippen LogP contribution < -0.4 is 4.90 Å². The molecule has 0 bridgehead atoms. The molecule has 0 amide bonds. The van der Waals surface area contributed by atoms with E-state index in [0.717, 1.165) is 5.69 Å². The van der Waals surface area contributed by atoms with E-state index in [4.69, 9.17) is 0 Å². The first-order chi connectivity index (χ1) is 29.3. The smallest absolute Gasteiger partial charge is 0.0543 e. The Labute approximate surface area is 359 Å². The molecule has 2 aliphatic carbocycles. The molecule has 0 atom stereocenters. The summed E-state index contributed by atoms with van der Waals surface area (Å²) in [4.78, 5) is 2.50. The van der Waals surface area contributed by atoms with Gasteiger partial charge in [-0.25, -0.2) is 0 Å². The highest BCUT2D eigenvalue weighted by Gasteiger charge is 2.39. The molecule has 0 fully saturated rings. The number of aromatic nitrogens is 1. The van der Waals surface area contributed by atoms with Crippen molar-refractivity contribution in [3.05, 3.63) is 216 Å². The van der Waals surface area contributed by atoms with Crippen LogP contribution in [0.25, 0.3) is 71.6 Å². The van der Waals surface area contributed by atoms with E-state index in [1.807, 2.05) is 0 Å². The van der Waals surface area contributed by atoms with E-state index in [1.165, 1.54) is 105 Å². The van der Waals surface area contributed by atoms with Crippen molar-refractivity contribution in [3.8, 4) is 39.1 Å². The second-order valence-electron chi connectivity index (χ2n) is 17.7. The molecule has 1 heterocycles. The fourth-order valence-electron chi connectivity index (χ4n) is 10.9. The number of fused-ring (bicyclic) bond motifs is 10. The third kappa shape index (κ3) is 5.21. The van der Waals surface area contributed by atoms with E-state index in [1.54, 1.807) is 0 Å². The monoisotopic (exact) mass is 784 g/mol. The summed E-state index contributed by atoms with van der Waals surface area (Å²) >= 11 is 0. The topological polar surface area (TPSA) is 8.17 Å². The molecule has 12 rings (SSSR count). The van der Waals surface area contributed by atoms with Crippen LogP contribution in [0.4, 0.5) is 17.1 Å². The van der Waals surface area contributed by atoms with Crippen LogP contribution in [0, 0.1) is 0 Å². The third-order valence-electron chi connectivity index (χ3n) is 13.8. The lowest BCUT2D eigenvalue weighted by Gasteiger charge is -2.30. The first-order valence-electron chi connectivity index (χ1n) is 21.2. The standard InChI is InChI=1S/C58H44N2.CH4/c1-57(2)49-23-12-8-21-47(49)56-50(57)24-15-27-55(56)59(39-32-33-43-42-17-7-11-22-48(42)58(3,4)51(43)36-39)38-30-28-37(29-31-38)40-34-35-54(44-18-6-5-16-41(40)44)60-52-25-13-9-19-45(52)46-20-10-14-26-53(46)60;/h5-36H,1-4H3;1H4. The average molecular weight is 785 g/mol. The Balaban J connectivity index is 0.00000420. The normalized spacial score (nSPS) is 14.0. The lowest BCUT2D eigenvalue weighted by molar-refractivity contribution is 0.660. The average Bonchev–Trinajstić information content (AvgIpc) is 3.84. The Morgan fingerprint density at radius 3 is 1.59 bits per heavy atom. The van der Waals surface area contributed by atoms with Gasteiger partial charge in [-0.05, 0) is 104 Å². The van der Waals surface area contributed by atoms with Gasteiger partial charge in [0, 0.05) is 43.9 Å². The van der Waals surface area contributed by atoms with Crippen LogP contribution in [-0.4, -0.2) is 4.57 Å². The molecular formula is C59H48N2. The molecule has 0 saturated carbocycles. The third-order valence-corrected chi connectivity index (χ3v) is 13.8. The highest BCUT2D eigenvalue weighted by atomic mass is 15.1. The number of rotatable bonds is 5. The summed E-state index contributed by atoms with van der Waals surface area (Å²) < 4.78 is 2.44. The molecular weight excluding hydrogens is 737 g/mol. The zero-order valence-corrected chi connectivity index (χ0v) is 34.4. The zero-order chi connectivity index (χ0) is 40.3. The highest BCUT2D eigenvalue weighted by Crippen LogP contribution is 2.56. The lowest BCUT2D eigenvalue weighted by atomic mass is 9.82. The van der Waals surface area contributed by atoms with Crippen LogP contribution in [0.15, 0.2) is 194 Å². The number of hydrogen-bond acceptors (Lipinski definition) is 1. The molecule has 2 aliphatic rings. The Bertz CT molecular complexity index is 3320. The number of nitrogens with zero attached hydrogens (tertiary/aromatic N) is 2. The predicted octanol–water partition coefficient (Wildman–Crippen LogP) is 16.3. The van der Waals surface area contributed by atoms with Crippen LogP contribution in [0.5, 0.6) is 0 Å². The van der Waals surface area contributed by atoms with Gasteiger partial charge in [0.05, 0.1) is 22.4 Å². The van der Waals surface area contributed by atoms with Gasteiger partial charge in [0.1, 0.15) is 0 Å². The van der Waals surface area contributed by atoms with E-state index in [-0.39, 0.29) is 18.3 Å². The first kappa shape index (κ1) is 36.9. The van der Waals surface area contributed by atoms with Crippen LogP contribution in [0.1, 0.15) is 57.4 Å². The van der Waals surface area contributed by atoms with Crippen LogP contribution in [0.3, 0.4) is 0 Å². The van der Waals surface area contributed by atoms with Crippen molar-refractivity contribution < 1.29 is 0 Å². The maximum Gasteiger partial charge on any atom is 0.0543 e. The van der Waals surface area contributed by atoms with E-state index < -0.39 is 0 Å². The summed E-state index contributed by atoms with van der Waals surface area (Å²) in [5, 5.41) is 5.01. The lowest BCUT2D eigenvalue weighted by Crippen LogP contribution is -2.17. The van der Waals surface area contributed by atoms with Gasteiger partial charge in [0.15, 0.2) is 0 Å². The quantitative estimate of drug-likeness (QED) is 0.169. The Morgan fingerprint density at radius 1 is 0.377 bits per heavy atom. The molecule has 0 spiro atoms. The zero-order valence-electron chi connectivity index (χ0n) is 34.4. The number of benzene rings is 9. The van der Waals surface area contributed by atoms with Crippen molar-refractivity contribution in [1.29, 1.82) is 0 Å². The molecule has 294 valence electrons. The second-order valence-corrected chi connectivity index (χ2v) is 17.7. The van der Waals surface area contributed by atoms with Crippen molar-refractivity contribution in [2.75, 3.05) is 4.90 Å². The number of hydrogen-bond donors (Lipinski definition) is 0. The molecule has 10 aromatic rings. The van der Waals surface area contributed by atoms with E-state index >= 15 is 0 Å². The van der Waals surface area contributed by atoms with Gasteiger partial charge in [-0.2, -0.15) is 0 Å². The number of anilines is 3. The minimum atomic E-state index is -0.114. The Kier molecular flexibility index (Phi) is 8.12. The van der Waals surface area contributed by atoms with Crippen molar-refractivity contribution in [2.24, 2.45) is 0 Å². The molecule has 2 nitrogen and oxygen atoms in total. The van der Waals surface area contributed by atoms with E-state index in [0.29, 0.717) is 0 Å². The number of para-hydroxylation sites is 2. The summed E-state index contributed by atoms with van der Waals surface area (Å²) in [5.41, 5.74) is 20.1. The van der Waals surface area contributed by atoms with Crippen LogP contribution in [-0.2, 0) is 10.8 Å². The summed E-state index contributed by atoms with van der Waals surface area (Å²) in [6.45, 7) is 9.48. The molecule has 0 aliphatic heterocycles. The SMILES string of the molecule is C.CC1(C)c2ccccc2-c2ccc(N(c3ccc(-c4ccc(-n5c6ccccc6c6ccccc65)c5ccccc45)cc3)c3cccc4c3-c3ccccc3C4(C)C)cc21. The maximum atomic E-state index is 2.50. The van der Waals surface area contributed by atoms with Crippen molar-refractivity contribution in [2.45, 2.75) is 46.0 Å². The van der Waals surface area contributed by atoms with E-state index in [2.05, 4.69) is 231 Å². The highest BCUT2D eigenvalue weighted by molar-refractivity contribution is 6.11. The maximum absolute atomic E-state index is 2.50. The summed E-state index contributed by atoms with van der Waals surface area (Å²) in [5.74, 6) is 0. The van der Waals surface area contributed by atoms with Crippen molar-refractivity contribution in [1.82, 2.24) is 4.57 Å². The van der Waals surface area contributed by atoms with Gasteiger partial charge in [0.25, 0.3) is 0 Å². The summed E-state index contributed by atoms with van der Waals surface area (Å²) in [6, 6.07) is 72.3. The fraction of sp³-hybridized carbons (Fsp3) is 0.119. The molecule has 2 heteroatoms. The minimum absolute atomic E-state index is 0.